The second-order valence-corrected chi connectivity index (χ2v) is 10.7. The molecule has 0 saturated carbocycles. The number of imidazole rings is 1. The number of hydrogen-bond donors (Lipinski definition) is 0. The Morgan fingerprint density at radius 3 is 2.39 bits per heavy atom. The maximum atomic E-state index is 13.4. The molecule has 0 N–H and O–H groups in total. The number of aromatic nitrogens is 3. The summed E-state index contributed by atoms with van der Waals surface area (Å²) < 4.78 is 13.7. The third kappa shape index (κ3) is 5.21. The largest absolute Gasteiger partial charge is 0.443 e. The first kappa shape index (κ1) is 26.4. The SMILES string of the molecule is C.Cc1c(Br)nc(N(C(=O)OC(C)(C)C)c2ccc(N3CCN(C4COC4)CC3)cc2)c2nccn12. The molecule has 2 aromatic heterocycles. The van der Waals surface area contributed by atoms with E-state index >= 15 is 0 Å². The van der Waals surface area contributed by atoms with Crippen LogP contribution in [0.1, 0.15) is 33.9 Å². The van der Waals surface area contributed by atoms with Crippen LogP contribution < -0.4 is 9.80 Å². The van der Waals surface area contributed by atoms with Gasteiger partial charge in [0.2, 0.25) is 0 Å². The van der Waals surface area contributed by atoms with Crippen molar-refractivity contribution < 1.29 is 14.3 Å². The molecular formula is C26H35BrN6O3. The number of nitrogens with zero attached hydrogens (tertiary/aromatic N) is 6. The van der Waals surface area contributed by atoms with Crippen LogP contribution in [0.4, 0.5) is 22.0 Å². The van der Waals surface area contributed by atoms with Gasteiger partial charge < -0.3 is 14.4 Å². The molecule has 194 valence electrons. The van der Waals surface area contributed by atoms with Crippen LogP contribution >= 0.6 is 15.9 Å². The normalized spacial score (nSPS) is 17.0. The van der Waals surface area contributed by atoms with Gasteiger partial charge in [-0.15, -0.1) is 0 Å². The summed E-state index contributed by atoms with van der Waals surface area (Å²) >= 11 is 3.53. The molecule has 1 amide bonds. The first-order valence-corrected chi connectivity index (χ1v) is 12.7. The minimum Gasteiger partial charge on any atom is -0.443 e. The van der Waals surface area contributed by atoms with Crippen molar-refractivity contribution in [1.82, 2.24) is 19.3 Å². The zero-order valence-electron chi connectivity index (χ0n) is 20.6. The van der Waals surface area contributed by atoms with Crippen LogP contribution in [0.2, 0.25) is 0 Å². The van der Waals surface area contributed by atoms with E-state index in [0.717, 1.165) is 50.8 Å². The van der Waals surface area contributed by atoms with Gasteiger partial charge in [0.1, 0.15) is 10.2 Å². The molecule has 2 fully saturated rings. The Balaban J connectivity index is 0.00000304. The van der Waals surface area contributed by atoms with Crippen molar-refractivity contribution in [2.45, 2.75) is 46.8 Å². The van der Waals surface area contributed by atoms with Crippen molar-refractivity contribution in [3.05, 3.63) is 47.0 Å². The standard InChI is InChI=1S/C25H31BrN6O3.CH4/c1-17-21(26)28-23(22-27-9-10-31(17)22)32(24(33)35-25(2,3)4)19-7-5-18(6-8-19)29-11-13-30(14-12-29)20-15-34-16-20;/h5-10,20H,11-16H2,1-4H3;1H4. The highest BCUT2D eigenvalue weighted by Gasteiger charge is 2.31. The maximum absolute atomic E-state index is 13.4. The average Bonchev–Trinajstić information content (AvgIpc) is 3.26. The second-order valence-electron chi connectivity index (χ2n) is 9.98. The monoisotopic (exact) mass is 558 g/mol. The van der Waals surface area contributed by atoms with Crippen molar-refractivity contribution in [3.8, 4) is 0 Å². The molecule has 1 aromatic carbocycles. The van der Waals surface area contributed by atoms with Gasteiger partial charge in [-0.25, -0.2) is 19.7 Å². The summed E-state index contributed by atoms with van der Waals surface area (Å²) in [6.07, 6.45) is 3.05. The molecule has 0 unspecified atom stereocenters. The lowest BCUT2D eigenvalue weighted by Gasteiger charge is -2.43. The molecule has 0 aliphatic carbocycles. The van der Waals surface area contributed by atoms with Crippen LogP contribution in [-0.2, 0) is 9.47 Å². The van der Waals surface area contributed by atoms with E-state index in [1.165, 1.54) is 4.90 Å². The van der Waals surface area contributed by atoms with Crippen LogP contribution in [0.5, 0.6) is 0 Å². The van der Waals surface area contributed by atoms with E-state index in [4.69, 9.17) is 9.47 Å². The fraction of sp³-hybridized carbons (Fsp3) is 0.500. The molecule has 5 rings (SSSR count). The lowest BCUT2D eigenvalue weighted by Crippen LogP contribution is -2.56. The Kier molecular flexibility index (Phi) is 7.59. The average molecular weight is 560 g/mol. The van der Waals surface area contributed by atoms with Crippen LogP contribution in [0.15, 0.2) is 41.3 Å². The van der Waals surface area contributed by atoms with E-state index < -0.39 is 11.7 Å². The number of amides is 1. The summed E-state index contributed by atoms with van der Waals surface area (Å²) in [5, 5.41) is 0. The van der Waals surface area contributed by atoms with Crippen LogP contribution in [0.3, 0.4) is 0 Å². The lowest BCUT2D eigenvalue weighted by molar-refractivity contribution is -0.0660. The first-order chi connectivity index (χ1) is 16.7. The number of fused-ring (bicyclic) bond motifs is 1. The Hall–Kier alpha value is -2.69. The van der Waals surface area contributed by atoms with Gasteiger partial charge in [-0.2, -0.15) is 0 Å². The van der Waals surface area contributed by atoms with E-state index in [9.17, 15) is 4.79 Å². The van der Waals surface area contributed by atoms with E-state index in [1.807, 2.05) is 50.4 Å². The van der Waals surface area contributed by atoms with Crippen molar-refractivity contribution in [1.29, 1.82) is 0 Å². The van der Waals surface area contributed by atoms with Gasteiger partial charge in [-0.05, 0) is 67.9 Å². The van der Waals surface area contributed by atoms with Crippen LogP contribution in [0.25, 0.3) is 5.65 Å². The van der Waals surface area contributed by atoms with Crippen molar-refractivity contribution in [3.63, 3.8) is 0 Å². The summed E-state index contributed by atoms with van der Waals surface area (Å²) in [4.78, 5) is 29.0. The number of piperazine rings is 1. The van der Waals surface area contributed by atoms with E-state index in [1.54, 1.807) is 6.20 Å². The highest BCUT2D eigenvalue weighted by molar-refractivity contribution is 9.10. The fourth-order valence-electron chi connectivity index (χ4n) is 4.43. The Labute approximate surface area is 221 Å². The van der Waals surface area contributed by atoms with E-state index in [2.05, 4.69) is 47.8 Å². The van der Waals surface area contributed by atoms with E-state index in [-0.39, 0.29) is 7.43 Å². The predicted octanol–water partition coefficient (Wildman–Crippen LogP) is 5.03. The number of ether oxygens (including phenoxy) is 2. The van der Waals surface area contributed by atoms with Gasteiger partial charge in [0, 0.05) is 44.3 Å². The van der Waals surface area contributed by atoms with Crippen LogP contribution in [0, 0.1) is 6.92 Å². The zero-order valence-corrected chi connectivity index (χ0v) is 22.2. The molecule has 2 aliphatic rings. The van der Waals surface area contributed by atoms with Crippen molar-refractivity contribution in [2.24, 2.45) is 0 Å². The first-order valence-electron chi connectivity index (χ1n) is 11.9. The molecule has 9 nitrogen and oxygen atoms in total. The van der Waals surface area contributed by atoms with Crippen molar-refractivity contribution in [2.75, 3.05) is 49.2 Å². The number of hydrogen-bond acceptors (Lipinski definition) is 7. The molecule has 36 heavy (non-hydrogen) atoms. The Bertz CT molecular complexity index is 1210. The Morgan fingerprint density at radius 1 is 1.14 bits per heavy atom. The molecule has 0 bridgehead atoms. The van der Waals surface area contributed by atoms with Gasteiger partial charge in [-0.3, -0.25) is 9.30 Å². The molecule has 2 aliphatic heterocycles. The van der Waals surface area contributed by atoms with Gasteiger partial charge in [0.25, 0.3) is 0 Å². The van der Waals surface area contributed by atoms with Gasteiger partial charge in [0.05, 0.1) is 30.6 Å². The highest BCUT2D eigenvalue weighted by Crippen LogP contribution is 2.33. The molecule has 10 heteroatoms. The quantitative estimate of drug-likeness (QED) is 0.444. The van der Waals surface area contributed by atoms with Gasteiger partial charge >= 0.3 is 6.09 Å². The minimum atomic E-state index is -0.659. The van der Waals surface area contributed by atoms with Gasteiger partial charge in [-0.1, -0.05) is 7.43 Å². The molecule has 0 spiro atoms. The van der Waals surface area contributed by atoms with Crippen LogP contribution in [-0.4, -0.2) is 76.4 Å². The molecule has 2 saturated heterocycles. The Morgan fingerprint density at radius 2 is 1.81 bits per heavy atom. The summed E-state index contributed by atoms with van der Waals surface area (Å²) in [5.41, 5.74) is 2.62. The number of benzene rings is 1. The number of rotatable bonds is 4. The van der Waals surface area contributed by atoms with E-state index in [0.29, 0.717) is 27.8 Å². The maximum Gasteiger partial charge on any atom is 0.420 e. The minimum absolute atomic E-state index is 0. The molecule has 3 aromatic rings. The lowest BCUT2D eigenvalue weighted by atomic mass is 10.1. The third-order valence-corrected chi connectivity index (χ3v) is 7.17. The summed E-state index contributed by atoms with van der Waals surface area (Å²) in [6.45, 7) is 13.2. The van der Waals surface area contributed by atoms with Crippen molar-refractivity contribution >= 4 is 44.9 Å². The number of carbonyl (C=O) groups is 1. The number of halogens is 1. The number of carbonyl (C=O) groups excluding carboxylic acids is 1. The third-order valence-electron chi connectivity index (χ3n) is 6.42. The molecule has 0 radical (unpaired) electrons. The summed E-state index contributed by atoms with van der Waals surface area (Å²) in [5.74, 6) is 0.408. The topological polar surface area (TPSA) is 75.4 Å². The molecular weight excluding hydrogens is 524 g/mol. The summed E-state index contributed by atoms with van der Waals surface area (Å²) in [6, 6.07) is 8.57. The molecule has 0 atom stereocenters. The highest BCUT2D eigenvalue weighted by atomic mass is 79.9. The second kappa shape index (κ2) is 10.4. The number of anilines is 3. The fourth-order valence-corrected chi connectivity index (χ4v) is 4.79. The number of aryl methyl sites for hydroxylation is 1. The van der Waals surface area contributed by atoms with Gasteiger partial charge in [0.15, 0.2) is 11.5 Å². The molecule has 4 heterocycles. The zero-order chi connectivity index (χ0) is 24.7. The smallest absolute Gasteiger partial charge is 0.420 e. The predicted molar refractivity (Wildman–Crippen MR) is 145 cm³/mol. The summed E-state index contributed by atoms with van der Waals surface area (Å²) in [7, 11) is 0.